The number of aromatic nitrogens is 4. The average molecular weight is 490 g/mol. The van der Waals surface area contributed by atoms with Crippen molar-refractivity contribution in [3.8, 4) is 5.69 Å². The Kier molecular flexibility index (Phi) is 6.66. The van der Waals surface area contributed by atoms with Crippen LogP contribution < -0.4 is 15.8 Å². The number of rotatable bonds is 6. The van der Waals surface area contributed by atoms with Gasteiger partial charge in [-0.15, -0.1) is 0 Å². The molecule has 1 aliphatic rings. The number of benzene rings is 2. The molecule has 0 amide bonds. The van der Waals surface area contributed by atoms with Crippen LogP contribution in [0.5, 0.6) is 0 Å². The average Bonchev–Trinajstić information content (AvgIpc) is 2.87. The maximum atomic E-state index is 13.2. The molecule has 2 aromatic heterocycles. The molecular weight excluding hydrogens is 462 g/mol. The number of nitrogens with one attached hydrogen (secondary N) is 1. The van der Waals surface area contributed by atoms with Gasteiger partial charge in [-0.25, -0.2) is 9.97 Å². The van der Waals surface area contributed by atoms with E-state index in [-0.39, 0.29) is 5.56 Å². The molecule has 0 radical (unpaired) electrons. The second-order valence-electron chi connectivity index (χ2n) is 8.78. The van der Waals surface area contributed by atoms with Gasteiger partial charge in [0, 0.05) is 43.8 Å². The highest BCUT2D eigenvalue weighted by atomic mass is 35.5. The van der Waals surface area contributed by atoms with Gasteiger partial charge in [0.25, 0.3) is 5.56 Å². The zero-order valence-corrected chi connectivity index (χ0v) is 20.7. The van der Waals surface area contributed by atoms with Crippen molar-refractivity contribution in [3.63, 3.8) is 0 Å². The van der Waals surface area contributed by atoms with Crippen molar-refractivity contribution in [1.29, 1.82) is 0 Å². The Morgan fingerprint density at radius 1 is 1.03 bits per heavy atom. The van der Waals surface area contributed by atoms with Crippen molar-refractivity contribution < 1.29 is 0 Å². The summed E-state index contributed by atoms with van der Waals surface area (Å²) >= 11 is 6.35. The van der Waals surface area contributed by atoms with Crippen molar-refractivity contribution in [2.24, 2.45) is 0 Å². The number of para-hydroxylation sites is 1. The molecule has 2 aromatic carbocycles. The molecule has 8 nitrogen and oxygen atoms in total. The summed E-state index contributed by atoms with van der Waals surface area (Å²) < 4.78 is 1.35. The summed E-state index contributed by atoms with van der Waals surface area (Å²) in [6, 6.07) is 15.5. The minimum Gasteiger partial charge on any atom is -0.369 e. The lowest BCUT2D eigenvalue weighted by Crippen LogP contribution is -2.44. The summed E-state index contributed by atoms with van der Waals surface area (Å²) in [5.41, 5.74) is 3.64. The van der Waals surface area contributed by atoms with E-state index in [1.807, 2.05) is 24.3 Å². The molecule has 5 rings (SSSR count). The Hall–Kier alpha value is -3.49. The van der Waals surface area contributed by atoms with Crippen LogP contribution in [0.2, 0.25) is 5.02 Å². The predicted octanol–water partition coefficient (Wildman–Crippen LogP) is 4.28. The van der Waals surface area contributed by atoms with Gasteiger partial charge in [0.15, 0.2) is 0 Å². The van der Waals surface area contributed by atoms with E-state index in [1.165, 1.54) is 10.4 Å². The fourth-order valence-corrected chi connectivity index (χ4v) is 4.50. The number of anilines is 3. The van der Waals surface area contributed by atoms with Gasteiger partial charge in [0.1, 0.15) is 5.52 Å². The summed E-state index contributed by atoms with van der Waals surface area (Å²) in [7, 11) is 2.15. The van der Waals surface area contributed by atoms with E-state index in [1.54, 1.807) is 18.3 Å². The summed E-state index contributed by atoms with van der Waals surface area (Å²) in [6.45, 7) is 6.25. The zero-order chi connectivity index (χ0) is 24.4. The van der Waals surface area contributed by atoms with E-state index in [4.69, 9.17) is 11.6 Å². The maximum Gasteiger partial charge on any atom is 0.282 e. The number of halogens is 1. The first-order chi connectivity index (χ1) is 17.0. The lowest BCUT2D eigenvalue weighted by atomic mass is 10.2. The highest BCUT2D eigenvalue weighted by Crippen LogP contribution is 2.23. The monoisotopic (exact) mass is 489 g/mol. The standard InChI is InChI=1S/C26H28ClN7O/c1-3-6-22-24-20(25(35)34(31-22)23-8-5-4-7-21(23)27)17-28-26(30-24)29-18-9-11-19(12-10-18)33-15-13-32(2)14-16-33/h4-5,7-12,17H,3,6,13-16H2,1-2H3,(H,28,29,30). The first-order valence-corrected chi connectivity index (χ1v) is 12.3. The van der Waals surface area contributed by atoms with Gasteiger partial charge in [-0.2, -0.15) is 9.78 Å². The van der Waals surface area contributed by atoms with Crippen LogP contribution in [0.1, 0.15) is 19.0 Å². The molecule has 9 heteroatoms. The second-order valence-corrected chi connectivity index (χ2v) is 9.19. The smallest absolute Gasteiger partial charge is 0.282 e. The predicted molar refractivity (Wildman–Crippen MR) is 141 cm³/mol. The fraction of sp³-hybridized carbons (Fsp3) is 0.308. The molecule has 0 unspecified atom stereocenters. The third-order valence-electron chi connectivity index (χ3n) is 6.26. The van der Waals surface area contributed by atoms with E-state index >= 15 is 0 Å². The molecule has 35 heavy (non-hydrogen) atoms. The van der Waals surface area contributed by atoms with Crippen molar-refractivity contribution in [2.45, 2.75) is 19.8 Å². The number of aryl methyl sites for hydroxylation is 1. The number of hydrogen-bond donors (Lipinski definition) is 1. The van der Waals surface area contributed by atoms with Crippen LogP contribution in [0.4, 0.5) is 17.3 Å². The molecule has 3 heterocycles. The van der Waals surface area contributed by atoms with Gasteiger partial charge in [0.05, 0.1) is 21.8 Å². The Morgan fingerprint density at radius 3 is 2.49 bits per heavy atom. The Morgan fingerprint density at radius 2 is 1.77 bits per heavy atom. The van der Waals surface area contributed by atoms with E-state index in [9.17, 15) is 4.79 Å². The van der Waals surface area contributed by atoms with Crippen LogP contribution in [-0.2, 0) is 6.42 Å². The van der Waals surface area contributed by atoms with Crippen LogP contribution in [0, 0.1) is 0 Å². The molecule has 1 N–H and O–H groups in total. The number of piperazine rings is 1. The lowest BCUT2D eigenvalue weighted by molar-refractivity contribution is 0.313. The van der Waals surface area contributed by atoms with Crippen LogP contribution in [-0.4, -0.2) is 57.9 Å². The van der Waals surface area contributed by atoms with Gasteiger partial charge in [-0.3, -0.25) is 4.79 Å². The van der Waals surface area contributed by atoms with Crippen LogP contribution in [0.3, 0.4) is 0 Å². The molecule has 0 atom stereocenters. The number of fused-ring (bicyclic) bond motifs is 1. The molecular formula is C26H28ClN7O. The largest absolute Gasteiger partial charge is 0.369 e. The molecule has 0 saturated carbocycles. The number of hydrogen-bond acceptors (Lipinski definition) is 7. The zero-order valence-electron chi connectivity index (χ0n) is 19.9. The summed E-state index contributed by atoms with van der Waals surface area (Å²) in [5.74, 6) is 0.430. The van der Waals surface area contributed by atoms with Crippen LogP contribution >= 0.6 is 11.6 Å². The summed E-state index contributed by atoms with van der Waals surface area (Å²) in [6.07, 6.45) is 3.11. The molecule has 1 aliphatic heterocycles. The normalized spacial score (nSPS) is 14.4. The van der Waals surface area contributed by atoms with Gasteiger partial charge in [0.2, 0.25) is 5.95 Å². The second kappa shape index (κ2) is 10.0. The lowest BCUT2D eigenvalue weighted by Gasteiger charge is -2.34. The highest BCUT2D eigenvalue weighted by molar-refractivity contribution is 6.32. The van der Waals surface area contributed by atoms with Crippen molar-refractivity contribution >= 4 is 39.8 Å². The molecule has 0 aliphatic carbocycles. The molecule has 1 saturated heterocycles. The van der Waals surface area contributed by atoms with E-state index in [2.05, 4.69) is 56.3 Å². The molecule has 1 fully saturated rings. The Labute approximate surface area is 209 Å². The molecule has 4 aromatic rings. The van der Waals surface area contributed by atoms with Crippen LogP contribution in [0.25, 0.3) is 16.6 Å². The van der Waals surface area contributed by atoms with Gasteiger partial charge in [-0.1, -0.05) is 37.1 Å². The molecule has 0 spiro atoms. The third-order valence-corrected chi connectivity index (χ3v) is 6.58. The molecule has 180 valence electrons. The first-order valence-electron chi connectivity index (χ1n) is 11.9. The topological polar surface area (TPSA) is 79.2 Å². The maximum absolute atomic E-state index is 13.2. The molecule has 0 bridgehead atoms. The van der Waals surface area contributed by atoms with Gasteiger partial charge < -0.3 is 15.1 Å². The van der Waals surface area contributed by atoms with Crippen molar-refractivity contribution in [2.75, 3.05) is 43.4 Å². The highest BCUT2D eigenvalue weighted by Gasteiger charge is 2.17. The number of likely N-dealkylation sites (N-methyl/N-ethyl adjacent to an activating group) is 1. The fourth-order valence-electron chi connectivity index (χ4n) is 4.29. The van der Waals surface area contributed by atoms with E-state index in [0.29, 0.717) is 34.0 Å². The summed E-state index contributed by atoms with van der Waals surface area (Å²) in [5, 5.41) is 8.78. The minimum atomic E-state index is -0.295. The SMILES string of the molecule is CCCc1nn(-c2ccccc2Cl)c(=O)c2cnc(Nc3ccc(N4CCN(C)CC4)cc3)nc12. The van der Waals surface area contributed by atoms with Crippen molar-refractivity contribution in [1.82, 2.24) is 24.6 Å². The van der Waals surface area contributed by atoms with E-state index in [0.717, 1.165) is 44.0 Å². The minimum absolute atomic E-state index is 0.295. The summed E-state index contributed by atoms with van der Waals surface area (Å²) in [4.78, 5) is 27.1. The quantitative estimate of drug-likeness (QED) is 0.433. The van der Waals surface area contributed by atoms with E-state index < -0.39 is 0 Å². The van der Waals surface area contributed by atoms with Crippen LogP contribution in [0.15, 0.2) is 59.5 Å². The number of nitrogens with zero attached hydrogens (tertiary/aromatic N) is 6. The van der Waals surface area contributed by atoms with Gasteiger partial charge >= 0.3 is 0 Å². The Balaban J connectivity index is 1.45. The van der Waals surface area contributed by atoms with Gasteiger partial charge in [-0.05, 0) is 49.9 Å². The first kappa shape index (κ1) is 23.3. The van der Waals surface area contributed by atoms with Crippen molar-refractivity contribution in [3.05, 3.63) is 75.8 Å². The third kappa shape index (κ3) is 4.85. The Bertz CT molecular complexity index is 1400.